The number of nitrogens with one attached hydrogen (secondary N) is 1. The van der Waals surface area contributed by atoms with Crippen LogP contribution in [0.5, 0.6) is 5.75 Å². The van der Waals surface area contributed by atoms with Crippen LogP contribution >= 0.6 is 34.8 Å². The molecule has 0 bridgehead atoms. The number of phenolic OH excluding ortho intramolecular Hbond substituents is 1. The molecular weight excluding hydrogens is 347 g/mol. The highest BCUT2D eigenvalue weighted by atomic mass is 35.5. The van der Waals surface area contributed by atoms with Crippen LogP contribution in [0.2, 0.25) is 15.1 Å². The number of carbonyl (C=O) groups is 1. The van der Waals surface area contributed by atoms with Gasteiger partial charge in [0.15, 0.2) is 0 Å². The summed E-state index contributed by atoms with van der Waals surface area (Å²) >= 11 is 17.6. The molecule has 1 amide bonds. The van der Waals surface area contributed by atoms with Crippen molar-refractivity contribution in [2.24, 2.45) is 5.10 Å². The molecule has 22 heavy (non-hydrogen) atoms. The smallest absolute Gasteiger partial charge is 0.272 e. The fourth-order valence-corrected chi connectivity index (χ4v) is 2.54. The molecule has 0 heterocycles. The predicted octanol–water partition coefficient (Wildman–Crippen LogP) is 4.42. The van der Waals surface area contributed by atoms with E-state index in [0.29, 0.717) is 15.6 Å². The Balaban J connectivity index is 2.14. The molecule has 0 spiro atoms. The highest BCUT2D eigenvalue weighted by Gasteiger charge is 2.10. The maximum atomic E-state index is 12.0. The van der Waals surface area contributed by atoms with Crippen LogP contribution in [0, 0.1) is 6.92 Å². The Morgan fingerprint density at radius 3 is 2.59 bits per heavy atom. The van der Waals surface area contributed by atoms with E-state index in [-0.39, 0.29) is 16.3 Å². The number of hydrogen-bond donors (Lipinski definition) is 2. The van der Waals surface area contributed by atoms with E-state index in [1.54, 1.807) is 18.2 Å². The van der Waals surface area contributed by atoms with Crippen molar-refractivity contribution in [2.75, 3.05) is 0 Å². The number of hydrazone groups is 1. The molecule has 0 aliphatic carbocycles. The Bertz CT molecular complexity index is 761. The maximum absolute atomic E-state index is 12.0. The number of aromatic hydroxyl groups is 1. The van der Waals surface area contributed by atoms with Gasteiger partial charge in [0.2, 0.25) is 0 Å². The van der Waals surface area contributed by atoms with Gasteiger partial charge in [-0.2, -0.15) is 5.10 Å². The van der Waals surface area contributed by atoms with E-state index >= 15 is 0 Å². The number of hydrogen-bond acceptors (Lipinski definition) is 3. The molecule has 0 aliphatic rings. The molecule has 0 aromatic heterocycles. The molecule has 0 saturated heterocycles. The molecule has 0 unspecified atom stereocenters. The molecule has 114 valence electrons. The summed E-state index contributed by atoms with van der Waals surface area (Å²) in [5, 5.41) is 14.3. The zero-order valence-electron chi connectivity index (χ0n) is 11.4. The van der Waals surface area contributed by atoms with Crippen molar-refractivity contribution in [2.45, 2.75) is 6.92 Å². The molecular formula is C15H11Cl3N2O2. The number of halogens is 3. The number of benzene rings is 2. The van der Waals surface area contributed by atoms with Gasteiger partial charge in [-0.15, -0.1) is 0 Å². The Kier molecular flexibility index (Phi) is 5.29. The maximum Gasteiger partial charge on any atom is 0.272 e. The first-order chi connectivity index (χ1) is 10.4. The molecule has 0 aliphatic heterocycles. The molecule has 0 saturated carbocycles. The highest BCUT2D eigenvalue weighted by molar-refractivity contribution is 6.36. The van der Waals surface area contributed by atoms with Gasteiger partial charge >= 0.3 is 0 Å². The summed E-state index contributed by atoms with van der Waals surface area (Å²) in [7, 11) is 0. The van der Waals surface area contributed by atoms with E-state index < -0.39 is 5.91 Å². The first-order valence-corrected chi connectivity index (χ1v) is 7.29. The number of carbonyl (C=O) groups excluding carboxylic acids is 1. The fraction of sp³-hybridized carbons (Fsp3) is 0.0667. The lowest BCUT2D eigenvalue weighted by Crippen LogP contribution is -2.18. The Labute approximate surface area is 142 Å². The highest BCUT2D eigenvalue weighted by Crippen LogP contribution is 2.29. The van der Waals surface area contributed by atoms with Crippen LogP contribution in [-0.4, -0.2) is 17.2 Å². The van der Waals surface area contributed by atoms with Crippen LogP contribution in [0.1, 0.15) is 21.5 Å². The van der Waals surface area contributed by atoms with Gasteiger partial charge in [0.05, 0.1) is 21.8 Å². The Hall–Kier alpha value is -1.75. The van der Waals surface area contributed by atoms with Crippen LogP contribution in [-0.2, 0) is 0 Å². The number of amides is 1. The summed E-state index contributed by atoms with van der Waals surface area (Å²) in [6.45, 7) is 1.87. The SMILES string of the molecule is Cc1ccc(C(=O)N/N=C\c2cc(Cl)cc(Cl)c2O)c(Cl)c1. The second kappa shape index (κ2) is 7.01. The third-order valence-corrected chi connectivity index (χ3v) is 3.62. The van der Waals surface area contributed by atoms with Crippen LogP contribution in [0.25, 0.3) is 0 Å². The third kappa shape index (κ3) is 3.91. The van der Waals surface area contributed by atoms with Gasteiger partial charge in [0.1, 0.15) is 5.75 Å². The lowest BCUT2D eigenvalue weighted by molar-refractivity contribution is 0.0955. The number of rotatable bonds is 3. The minimum atomic E-state index is -0.464. The first-order valence-electron chi connectivity index (χ1n) is 6.16. The molecule has 2 aromatic rings. The van der Waals surface area contributed by atoms with Gasteiger partial charge in [-0.05, 0) is 36.8 Å². The molecule has 2 aromatic carbocycles. The van der Waals surface area contributed by atoms with Crippen molar-refractivity contribution in [3.05, 3.63) is 62.1 Å². The standard InChI is InChI=1S/C15H11Cl3N2O2/c1-8-2-3-11(12(17)4-8)15(22)20-19-7-9-5-10(16)6-13(18)14(9)21/h2-7,21H,1H3,(H,20,22)/b19-7-. The summed E-state index contributed by atoms with van der Waals surface area (Å²) < 4.78 is 0. The number of aryl methyl sites for hydroxylation is 1. The molecule has 2 N–H and O–H groups in total. The van der Waals surface area contributed by atoms with Crippen molar-refractivity contribution >= 4 is 46.9 Å². The van der Waals surface area contributed by atoms with Crippen LogP contribution < -0.4 is 5.43 Å². The second-order valence-electron chi connectivity index (χ2n) is 4.51. The largest absolute Gasteiger partial charge is 0.506 e. The second-order valence-corrected chi connectivity index (χ2v) is 5.76. The quantitative estimate of drug-likeness (QED) is 0.631. The molecule has 2 rings (SSSR count). The topological polar surface area (TPSA) is 61.7 Å². The van der Waals surface area contributed by atoms with Gasteiger partial charge in [-0.3, -0.25) is 4.79 Å². The van der Waals surface area contributed by atoms with Crippen molar-refractivity contribution < 1.29 is 9.90 Å². The van der Waals surface area contributed by atoms with Gasteiger partial charge in [0.25, 0.3) is 5.91 Å². The fourth-order valence-electron chi connectivity index (χ4n) is 1.71. The zero-order valence-corrected chi connectivity index (χ0v) is 13.7. The minimum absolute atomic E-state index is 0.0989. The van der Waals surface area contributed by atoms with Crippen LogP contribution in [0.4, 0.5) is 0 Å². The summed E-state index contributed by atoms with van der Waals surface area (Å²) in [6, 6.07) is 7.93. The zero-order chi connectivity index (χ0) is 16.3. The monoisotopic (exact) mass is 356 g/mol. The van der Waals surface area contributed by atoms with Gasteiger partial charge in [0, 0.05) is 10.6 Å². The first kappa shape index (κ1) is 16.6. The van der Waals surface area contributed by atoms with Crippen LogP contribution in [0.15, 0.2) is 35.4 Å². The summed E-state index contributed by atoms with van der Waals surface area (Å²) in [5.41, 5.74) is 3.86. The van der Waals surface area contributed by atoms with Crippen LogP contribution in [0.3, 0.4) is 0 Å². The normalized spacial score (nSPS) is 10.9. The Morgan fingerprint density at radius 2 is 1.91 bits per heavy atom. The van der Waals surface area contributed by atoms with Gasteiger partial charge in [-0.25, -0.2) is 5.43 Å². The summed E-state index contributed by atoms with van der Waals surface area (Å²) in [6.07, 6.45) is 1.24. The van der Waals surface area contributed by atoms with Gasteiger partial charge in [-0.1, -0.05) is 40.9 Å². The minimum Gasteiger partial charge on any atom is -0.506 e. The van der Waals surface area contributed by atoms with E-state index in [1.807, 2.05) is 6.92 Å². The average Bonchev–Trinajstić information content (AvgIpc) is 2.43. The van der Waals surface area contributed by atoms with Crippen molar-refractivity contribution in [1.29, 1.82) is 0 Å². The average molecular weight is 358 g/mol. The molecule has 0 fully saturated rings. The number of phenols is 1. The molecule has 0 radical (unpaired) electrons. The molecule has 7 heteroatoms. The van der Waals surface area contributed by atoms with E-state index in [1.165, 1.54) is 18.3 Å². The van der Waals surface area contributed by atoms with E-state index in [9.17, 15) is 9.90 Å². The van der Waals surface area contributed by atoms with Gasteiger partial charge < -0.3 is 5.11 Å². The number of nitrogens with zero attached hydrogens (tertiary/aromatic N) is 1. The lowest BCUT2D eigenvalue weighted by atomic mass is 10.1. The third-order valence-electron chi connectivity index (χ3n) is 2.80. The Morgan fingerprint density at radius 1 is 1.18 bits per heavy atom. The lowest BCUT2D eigenvalue weighted by Gasteiger charge is -2.04. The predicted molar refractivity (Wildman–Crippen MR) is 89.4 cm³/mol. The summed E-state index contributed by atoms with van der Waals surface area (Å²) in [4.78, 5) is 12.0. The van der Waals surface area contributed by atoms with E-state index in [4.69, 9.17) is 34.8 Å². The van der Waals surface area contributed by atoms with Crippen molar-refractivity contribution in [3.8, 4) is 5.75 Å². The molecule has 4 nitrogen and oxygen atoms in total. The molecule has 0 atom stereocenters. The summed E-state index contributed by atoms with van der Waals surface area (Å²) in [5.74, 6) is -0.633. The van der Waals surface area contributed by atoms with Crippen molar-refractivity contribution in [3.63, 3.8) is 0 Å². The van der Waals surface area contributed by atoms with E-state index in [2.05, 4.69) is 10.5 Å². The van der Waals surface area contributed by atoms with Crippen molar-refractivity contribution in [1.82, 2.24) is 5.43 Å². The van der Waals surface area contributed by atoms with E-state index in [0.717, 1.165) is 5.56 Å².